The first-order chi connectivity index (χ1) is 14.5. The van der Waals surface area contributed by atoms with Gasteiger partial charge >= 0.3 is 6.18 Å². The molecule has 2 heterocycles. The number of nitrogens with zero attached hydrogens (tertiary/aromatic N) is 1. The van der Waals surface area contributed by atoms with E-state index in [1.807, 2.05) is 6.07 Å². The van der Waals surface area contributed by atoms with Gasteiger partial charge in [0.05, 0.1) is 18.3 Å². The zero-order chi connectivity index (χ0) is 22.6. The number of piperidine rings is 1. The van der Waals surface area contributed by atoms with Crippen molar-refractivity contribution in [3.8, 4) is 5.75 Å². The lowest BCUT2D eigenvalue weighted by molar-refractivity contribution is -0.137. The number of fused-ring (bicyclic) bond motifs is 2. The summed E-state index contributed by atoms with van der Waals surface area (Å²) in [4.78, 5) is 2.51. The highest BCUT2D eigenvalue weighted by atomic mass is 19.4. The van der Waals surface area contributed by atoms with Crippen LogP contribution >= 0.6 is 0 Å². The Morgan fingerprint density at radius 3 is 2.10 bits per heavy atom. The van der Waals surface area contributed by atoms with Crippen molar-refractivity contribution in [2.75, 3.05) is 7.11 Å². The van der Waals surface area contributed by atoms with Crippen LogP contribution in [0.4, 0.5) is 13.2 Å². The number of alkyl halides is 3. The molecular formula is C25H30F3NO2. The van der Waals surface area contributed by atoms with E-state index in [0.717, 1.165) is 36.3 Å². The highest BCUT2D eigenvalue weighted by molar-refractivity contribution is 5.45. The Kier molecular flexibility index (Phi) is 5.59. The fourth-order valence-electron chi connectivity index (χ4n) is 5.75. The molecule has 0 amide bonds. The molecule has 0 spiro atoms. The van der Waals surface area contributed by atoms with Crippen LogP contribution in [0.15, 0.2) is 36.4 Å². The molecule has 3 atom stereocenters. The second-order valence-corrected chi connectivity index (χ2v) is 9.13. The molecular weight excluding hydrogens is 403 g/mol. The Hall–Kier alpha value is -2.05. The predicted molar refractivity (Wildman–Crippen MR) is 114 cm³/mol. The number of hydrogen-bond donors (Lipinski definition) is 1. The lowest BCUT2D eigenvalue weighted by Gasteiger charge is -2.47. The van der Waals surface area contributed by atoms with Crippen molar-refractivity contribution < 1.29 is 23.0 Å². The SMILES string of the molecule is COc1ccc(C(C)N2C3CCC2CC(O)(c2ccc(C(F)(F)F)cc2)C3)c(C)c1C. The fraction of sp³-hybridized carbons (Fsp3) is 0.520. The molecule has 2 fully saturated rings. The van der Waals surface area contributed by atoms with Gasteiger partial charge < -0.3 is 9.84 Å². The van der Waals surface area contributed by atoms with Gasteiger partial charge in [-0.2, -0.15) is 13.2 Å². The molecule has 1 N–H and O–H groups in total. The summed E-state index contributed by atoms with van der Waals surface area (Å²) in [7, 11) is 1.68. The Bertz CT molecular complexity index is 940. The number of aliphatic hydroxyl groups is 1. The fourth-order valence-corrected chi connectivity index (χ4v) is 5.75. The molecule has 168 valence electrons. The Morgan fingerprint density at radius 1 is 1.00 bits per heavy atom. The van der Waals surface area contributed by atoms with Gasteiger partial charge in [-0.3, -0.25) is 4.90 Å². The third-order valence-corrected chi connectivity index (χ3v) is 7.47. The van der Waals surface area contributed by atoms with E-state index in [1.54, 1.807) is 7.11 Å². The second-order valence-electron chi connectivity index (χ2n) is 9.13. The van der Waals surface area contributed by atoms with Crippen molar-refractivity contribution in [2.45, 2.75) is 76.4 Å². The largest absolute Gasteiger partial charge is 0.496 e. The minimum absolute atomic E-state index is 0.194. The lowest BCUT2D eigenvalue weighted by atomic mass is 9.79. The maximum Gasteiger partial charge on any atom is 0.416 e. The zero-order valence-electron chi connectivity index (χ0n) is 18.5. The van der Waals surface area contributed by atoms with Gasteiger partial charge in [0.15, 0.2) is 0 Å². The topological polar surface area (TPSA) is 32.7 Å². The summed E-state index contributed by atoms with van der Waals surface area (Å²) in [5.74, 6) is 0.881. The van der Waals surface area contributed by atoms with Gasteiger partial charge in [-0.05, 0) is 86.9 Å². The van der Waals surface area contributed by atoms with E-state index >= 15 is 0 Å². The van der Waals surface area contributed by atoms with Crippen molar-refractivity contribution in [3.05, 3.63) is 64.2 Å². The second kappa shape index (κ2) is 7.82. The summed E-state index contributed by atoms with van der Waals surface area (Å²) in [5, 5.41) is 11.4. The Labute approximate surface area is 181 Å². The molecule has 31 heavy (non-hydrogen) atoms. The standard InChI is InChI=1S/C25H30F3NO2/c1-15-16(2)23(31-4)12-11-22(15)17(3)29-20-9-10-21(29)14-24(30,13-20)18-5-7-19(8-6-18)25(26,27)28/h5-8,11-12,17,20-21,30H,9-10,13-14H2,1-4H3. The predicted octanol–water partition coefficient (Wildman–Crippen LogP) is 5.91. The molecule has 0 radical (unpaired) electrons. The Balaban J connectivity index is 1.58. The zero-order valence-corrected chi connectivity index (χ0v) is 18.5. The summed E-state index contributed by atoms with van der Waals surface area (Å²) in [6.07, 6.45) is -1.31. The van der Waals surface area contributed by atoms with Gasteiger partial charge in [-0.1, -0.05) is 18.2 Å². The van der Waals surface area contributed by atoms with Crippen LogP contribution in [0.25, 0.3) is 0 Å². The maximum absolute atomic E-state index is 12.9. The van der Waals surface area contributed by atoms with Crippen LogP contribution in [0.1, 0.15) is 66.5 Å². The Morgan fingerprint density at radius 2 is 1.58 bits per heavy atom. The van der Waals surface area contributed by atoms with Crippen LogP contribution in [0.5, 0.6) is 5.75 Å². The van der Waals surface area contributed by atoms with Crippen molar-refractivity contribution in [3.63, 3.8) is 0 Å². The van der Waals surface area contributed by atoms with Crippen LogP contribution in [-0.4, -0.2) is 29.2 Å². The van der Waals surface area contributed by atoms with Gasteiger partial charge in [0, 0.05) is 18.1 Å². The van der Waals surface area contributed by atoms with Crippen molar-refractivity contribution >= 4 is 0 Å². The van der Waals surface area contributed by atoms with E-state index in [4.69, 9.17) is 4.74 Å². The van der Waals surface area contributed by atoms with Crippen molar-refractivity contribution in [1.82, 2.24) is 4.90 Å². The highest BCUT2D eigenvalue weighted by Gasteiger charge is 2.50. The average Bonchev–Trinajstić information content (AvgIpc) is 3.01. The molecule has 6 heteroatoms. The summed E-state index contributed by atoms with van der Waals surface area (Å²) >= 11 is 0. The summed E-state index contributed by atoms with van der Waals surface area (Å²) in [6, 6.07) is 9.77. The van der Waals surface area contributed by atoms with Crippen LogP contribution < -0.4 is 4.74 Å². The van der Waals surface area contributed by atoms with Gasteiger partial charge in [-0.25, -0.2) is 0 Å². The first kappa shape index (κ1) is 22.2. The number of halogens is 3. The summed E-state index contributed by atoms with van der Waals surface area (Å²) in [5.41, 5.74) is 2.43. The molecule has 3 unspecified atom stereocenters. The lowest BCUT2D eigenvalue weighted by Crippen LogP contribution is -2.50. The number of benzene rings is 2. The van der Waals surface area contributed by atoms with E-state index in [9.17, 15) is 18.3 Å². The monoisotopic (exact) mass is 433 g/mol. The molecule has 3 nitrogen and oxygen atoms in total. The molecule has 2 aliphatic heterocycles. The number of ether oxygens (including phenoxy) is 1. The molecule has 2 bridgehead atoms. The maximum atomic E-state index is 12.9. The summed E-state index contributed by atoms with van der Waals surface area (Å²) in [6.45, 7) is 6.40. The molecule has 2 aliphatic rings. The first-order valence-corrected chi connectivity index (χ1v) is 10.9. The van der Waals surface area contributed by atoms with E-state index in [0.29, 0.717) is 18.4 Å². The summed E-state index contributed by atoms with van der Waals surface area (Å²) < 4.78 is 44.2. The molecule has 0 saturated carbocycles. The number of methoxy groups -OCH3 is 1. The molecule has 0 aliphatic carbocycles. The molecule has 2 saturated heterocycles. The van der Waals surface area contributed by atoms with E-state index in [1.165, 1.54) is 23.3 Å². The van der Waals surface area contributed by atoms with E-state index < -0.39 is 17.3 Å². The van der Waals surface area contributed by atoms with E-state index in [-0.39, 0.29) is 18.1 Å². The molecule has 0 aromatic heterocycles. The number of rotatable bonds is 4. The third-order valence-electron chi connectivity index (χ3n) is 7.47. The molecule has 2 aromatic rings. The van der Waals surface area contributed by atoms with Crippen LogP contribution in [0.3, 0.4) is 0 Å². The van der Waals surface area contributed by atoms with Gasteiger partial charge in [0.25, 0.3) is 0 Å². The smallest absolute Gasteiger partial charge is 0.416 e. The third kappa shape index (κ3) is 3.85. The average molecular weight is 434 g/mol. The van der Waals surface area contributed by atoms with E-state index in [2.05, 4.69) is 31.7 Å². The molecule has 2 aromatic carbocycles. The van der Waals surface area contributed by atoms with Gasteiger partial charge in [0.2, 0.25) is 0 Å². The first-order valence-electron chi connectivity index (χ1n) is 10.9. The van der Waals surface area contributed by atoms with Crippen LogP contribution in [0.2, 0.25) is 0 Å². The minimum Gasteiger partial charge on any atom is -0.496 e. The van der Waals surface area contributed by atoms with Crippen molar-refractivity contribution in [1.29, 1.82) is 0 Å². The highest BCUT2D eigenvalue weighted by Crippen LogP contribution is 2.49. The number of hydrogen-bond acceptors (Lipinski definition) is 3. The van der Waals surface area contributed by atoms with Crippen LogP contribution in [-0.2, 0) is 11.8 Å². The molecule has 4 rings (SSSR count). The van der Waals surface area contributed by atoms with Gasteiger partial charge in [0.1, 0.15) is 5.75 Å². The van der Waals surface area contributed by atoms with Gasteiger partial charge in [-0.15, -0.1) is 0 Å². The normalized spacial score (nSPS) is 27.4. The minimum atomic E-state index is -4.37. The van der Waals surface area contributed by atoms with Crippen molar-refractivity contribution in [2.24, 2.45) is 0 Å². The quantitative estimate of drug-likeness (QED) is 0.651. The van der Waals surface area contributed by atoms with Crippen LogP contribution in [0, 0.1) is 13.8 Å².